The van der Waals surface area contributed by atoms with Crippen LogP contribution in [0.1, 0.15) is 51.4 Å². The van der Waals surface area contributed by atoms with Gasteiger partial charge in [-0.2, -0.15) is 0 Å². The van der Waals surface area contributed by atoms with E-state index in [9.17, 15) is 4.79 Å². The Hall–Kier alpha value is -1.29. The van der Waals surface area contributed by atoms with Crippen LogP contribution in [0.25, 0.3) is 0 Å². The Labute approximate surface area is 155 Å². The summed E-state index contributed by atoms with van der Waals surface area (Å²) < 4.78 is 0. The molecule has 5 heteroatoms. The maximum absolute atomic E-state index is 13.3. The molecule has 0 radical (unpaired) electrons. The fourth-order valence-electron chi connectivity index (χ4n) is 5.01. The first-order valence-corrected chi connectivity index (χ1v) is 10.2. The van der Waals surface area contributed by atoms with E-state index < -0.39 is 0 Å². The van der Waals surface area contributed by atoms with Crippen LogP contribution in [-0.4, -0.2) is 42.0 Å². The fraction of sp³-hybridized carbons (Fsp3) is 0.700. The summed E-state index contributed by atoms with van der Waals surface area (Å²) in [5.74, 6) is 2.07. The first-order chi connectivity index (χ1) is 12.2. The summed E-state index contributed by atoms with van der Waals surface area (Å²) in [6.07, 6.45) is 11.5. The molecule has 136 valence electrons. The highest BCUT2D eigenvalue weighted by Gasteiger charge is 2.48. The SMILES string of the molecule is O=C1N(CC2CCCCC2)CCC[C@]12CCN(c1ccc(Cl)cn1)C2. The predicted octanol–water partition coefficient (Wildman–Crippen LogP) is 4.13. The van der Waals surface area contributed by atoms with Crippen molar-refractivity contribution in [2.24, 2.45) is 11.3 Å². The van der Waals surface area contributed by atoms with Crippen LogP contribution in [0.2, 0.25) is 5.02 Å². The number of pyridine rings is 1. The Morgan fingerprint density at radius 3 is 2.72 bits per heavy atom. The van der Waals surface area contributed by atoms with E-state index in [0.717, 1.165) is 57.2 Å². The van der Waals surface area contributed by atoms with Gasteiger partial charge >= 0.3 is 0 Å². The van der Waals surface area contributed by atoms with E-state index in [1.54, 1.807) is 6.20 Å². The Morgan fingerprint density at radius 1 is 1.12 bits per heavy atom. The number of rotatable bonds is 3. The average molecular weight is 362 g/mol. The zero-order valence-electron chi connectivity index (χ0n) is 14.9. The molecule has 3 fully saturated rings. The Kier molecular flexibility index (Phi) is 4.90. The van der Waals surface area contributed by atoms with Crippen LogP contribution >= 0.6 is 11.6 Å². The van der Waals surface area contributed by atoms with Crippen molar-refractivity contribution in [2.75, 3.05) is 31.1 Å². The number of piperidine rings is 1. The molecule has 1 amide bonds. The number of anilines is 1. The van der Waals surface area contributed by atoms with Crippen LogP contribution in [0.5, 0.6) is 0 Å². The molecule has 0 unspecified atom stereocenters. The first-order valence-electron chi connectivity index (χ1n) is 9.82. The van der Waals surface area contributed by atoms with Gasteiger partial charge in [0.05, 0.1) is 10.4 Å². The van der Waals surface area contributed by atoms with Crippen molar-refractivity contribution in [3.63, 3.8) is 0 Å². The van der Waals surface area contributed by atoms with Crippen LogP contribution in [0.15, 0.2) is 18.3 Å². The summed E-state index contributed by atoms with van der Waals surface area (Å²) in [6.45, 7) is 3.66. The van der Waals surface area contributed by atoms with E-state index in [2.05, 4.69) is 14.8 Å². The lowest BCUT2D eigenvalue weighted by molar-refractivity contribution is -0.145. The van der Waals surface area contributed by atoms with Gasteiger partial charge in [0.25, 0.3) is 0 Å². The van der Waals surface area contributed by atoms with E-state index >= 15 is 0 Å². The molecule has 3 aliphatic rings. The first kappa shape index (κ1) is 17.1. The standard InChI is InChI=1S/C20H28ClN3O/c21-17-7-8-18(22-13-17)24-12-10-20(15-24)9-4-11-23(19(20)25)14-16-5-2-1-3-6-16/h7-8,13,16H,1-6,9-12,14-15H2/t20-/m1/s1. The zero-order valence-corrected chi connectivity index (χ0v) is 15.7. The number of carbonyl (C=O) groups excluding carboxylic acids is 1. The third-order valence-electron chi connectivity index (χ3n) is 6.42. The Bertz CT molecular complexity index is 614. The van der Waals surface area contributed by atoms with Gasteiger partial charge in [0, 0.05) is 32.4 Å². The predicted molar refractivity (Wildman–Crippen MR) is 101 cm³/mol. The summed E-state index contributed by atoms with van der Waals surface area (Å²) >= 11 is 5.95. The number of hydrogen-bond donors (Lipinski definition) is 0. The maximum Gasteiger partial charge on any atom is 0.230 e. The van der Waals surface area contributed by atoms with Crippen molar-refractivity contribution in [3.05, 3.63) is 23.4 Å². The molecule has 2 saturated heterocycles. The van der Waals surface area contributed by atoms with Gasteiger partial charge in [-0.25, -0.2) is 4.98 Å². The summed E-state index contributed by atoms with van der Waals surface area (Å²) in [4.78, 5) is 22.2. The molecule has 25 heavy (non-hydrogen) atoms. The van der Waals surface area contributed by atoms with E-state index in [0.29, 0.717) is 10.9 Å². The maximum atomic E-state index is 13.3. The van der Waals surface area contributed by atoms with Gasteiger partial charge in [0.15, 0.2) is 0 Å². The third kappa shape index (κ3) is 3.51. The second-order valence-electron chi connectivity index (χ2n) is 8.15. The molecular weight excluding hydrogens is 334 g/mol. The van der Waals surface area contributed by atoms with Gasteiger partial charge < -0.3 is 9.80 Å². The van der Waals surface area contributed by atoms with Crippen LogP contribution in [-0.2, 0) is 4.79 Å². The largest absolute Gasteiger partial charge is 0.356 e. The molecule has 0 aromatic carbocycles. The second-order valence-corrected chi connectivity index (χ2v) is 8.58. The van der Waals surface area contributed by atoms with E-state index in [1.807, 2.05) is 12.1 Å². The number of nitrogens with zero attached hydrogens (tertiary/aromatic N) is 3. The topological polar surface area (TPSA) is 36.4 Å². The van der Waals surface area contributed by atoms with Gasteiger partial charge in [-0.05, 0) is 50.2 Å². The lowest BCUT2D eigenvalue weighted by Gasteiger charge is -2.41. The Balaban J connectivity index is 1.44. The summed E-state index contributed by atoms with van der Waals surface area (Å²) in [5.41, 5.74) is -0.186. The van der Waals surface area contributed by atoms with Gasteiger partial charge in [-0.3, -0.25) is 4.79 Å². The molecule has 1 aliphatic carbocycles. The van der Waals surface area contributed by atoms with Crippen LogP contribution in [0.4, 0.5) is 5.82 Å². The van der Waals surface area contributed by atoms with Crippen LogP contribution < -0.4 is 4.90 Å². The smallest absolute Gasteiger partial charge is 0.230 e. The molecule has 1 aromatic heterocycles. The summed E-state index contributed by atoms with van der Waals surface area (Å²) in [7, 11) is 0. The molecule has 1 atom stereocenters. The van der Waals surface area contributed by atoms with Crippen molar-refractivity contribution < 1.29 is 4.79 Å². The molecule has 1 saturated carbocycles. The summed E-state index contributed by atoms with van der Waals surface area (Å²) in [6, 6.07) is 3.85. The highest BCUT2D eigenvalue weighted by Crippen LogP contribution is 2.42. The van der Waals surface area contributed by atoms with Crippen molar-refractivity contribution >= 4 is 23.3 Å². The van der Waals surface area contributed by atoms with Crippen molar-refractivity contribution in [2.45, 2.75) is 51.4 Å². The highest BCUT2D eigenvalue weighted by atomic mass is 35.5. The molecule has 0 bridgehead atoms. The quantitative estimate of drug-likeness (QED) is 0.812. The van der Waals surface area contributed by atoms with E-state index in [-0.39, 0.29) is 5.41 Å². The van der Waals surface area contributed by atoms with Gasteiger partial charge in [-0.1, -0.05) is 30.9 Å². The van der Waals surface area contributed by atoms with Crippen molar-refractivity contribution in [1.29, 1.82) is 0 Å². The van der Waals surface area contributed by atoms with E-state index in [1.165, 1.54) is 32.1 Å². The molecule has 4 nitrogen and oxygen atoms in total. The number of halogens is 1. The molecular formula is C20H28ClN3O. The zero-order chi connectivity index (χ0) is 17.3. The molecule has 3 heterocycles. The third-order valence-corrected chi connectivity index (χ3v) is 6.64. The Morgan fingerprint density at radius 2 is 1.96 bits per heavy atom. The van der Waals surface area contributed by atoms with E-state index in [4.69, 9.17) is 11.6 Å². The normalized spacial score (nSPS) is 28.1. The molecule has 1 aromatic rings. The number of carbonyl (C=O) groups is 1. The minimum atomic E-state index is -0.186. The minimum absolute atomic E-state index is 0.186. The van der Waals surface area contributed by atoms with Crippen LogP contribution in [0.3, 0.4) is 0 Å². The molecule has 4 rings (SSSR count). The monoisotopic (exact) mass is 361 g/mol. The lowest BCUT2D eigenvalue weighted by Crippen LogP contribution is -2.51. The number of amides is 1. The second kappa shape index (κ2) is 7.14. The highest BCUT2D eigenvalue weighted by molar-refractivity contribution is 6.30. The van der Waals surface area contributed by atoms with Crippen LogP contribution in [0, 0.1) is 11.3 Å². The molecule has 1 spiro atoms. The van der Waals surface area contributed by atoms with Crippen molar-refractivity contribution in [1.82, 2.24) is 9.88 Å². The number of aromatic nitrogens is 1. The van der Waals surface area contributed by atoms with Gasteiger partial charge in [-0.15, -0.1) is 0 Å². The molecule has 2 aliphatic heterocycles. The van der Waals surface area contributed by atoms with Crippen molar-refractivity contribution in [3.8, 4) is 0 Å². The minimum Gasteiger partial charge on any atom is -0.356 e. The van der Waals surface area contributed by atoms with Gasteiger partial charge in [0.2, 0.25) is 5.91 Å². The number of hydrogen-bond acceptors (Lipinski definition) is 3. The average Bonchev–Trinajstić information content (AvgIpc) is 3.06. The molecule has 0 N–H and O–H groups in total. The summed E-state index contributed by atoms with van der Waals surface area (Å²) in [5, 5.41) is 0.657. The number of likely N-dealkylation sites (tertiary alicyclic amines) is 1. The lowest BCUT2D eigenvalue weighted by atomic mass is 9.77. The fourth-order valence-corrected chi connectivity index (χ4v) is 5.12. The van der Waals surface area contributed by atoms with Gasteiger partial charge in [0.1, 0.15) is 5.82 Å².